The van der Waals surface area contributed by atoms with E-state index in [0.717, 1.165) is 37.7 Å². The van der Waals surface area contributed by atoms with Crippen LogP contribution in [0.3, 0.4) is 0 Å². The van der Waals surface area contributed by atoms with Crippen molar-refractivity contribution in [2.24, 2.45) is 5.73 Å². The first kappa shape index (κ1) is 14.5. The smallest absolute Gasteiger partial charge is 0.214 e. The quantitative estimate of drug-likeness (QED) is 0.867. The molecule has 1 saturated carbocycles. The lowest BCUT2D eigenvalue weighted by atomic mass is 10.0. The summed E-state index contributed by atoms with van der Waals surface area (Å²) in [6.07, 6.45) is 4.72. The molecule has 0 heterocycles. The van der Waals surface area contributed by atoms with E-state index in [4.69, 9.17) is 5.73 Å². The van der Waals surface area contributed by atoms with E-state index >= 15 is 0 Å². The Labute approximate surface area is 115 Å². The van der Waals surface area contributed by atoms with E-state index in [0.29, 0.717) is 0 Å². The van der Waals surface area contributed by atoms with E-state index in [-0.39, 0.29) is 17.8 Å². The Morgan fingerprint density at radius 3 is 2.42 bits per heavy atom. The summed E-state index contributed by atoms with van der Waals surface area (Å²) in [6, 6.07) is 9.27. The van der Waals surface area contributed by atoms with E-state index in [1.165, 1.54) is 0 Å². The van der Waals surface area contributed by atoms with Crippen LogP contribution in [0.25, 0.3) is 0 Å². The van der Waals surface area contributed by atoms with Gasteiger partial charge < -0.3 is 5.73 Å². The Hall–Kier alpha value is -0.910. The predicted molar refractivity (Wildman–Crippen MR) is 77.2 cm³/mol. The molecule has 5 heteroatoms. The summed E-state index contributed by atoms with van der Waals surface area (Å²) >= 11 is 0. The molecule has 0 aliphatic heterocycles. The summed E-state index contributed by atoms with van der Waals surface area (Å²) < 4.78 is 27.0. The summed E-state index contributed by atoms with van der Waals surface area (Å²) in [5, 5.41) is -0.232. The van der Waals surface area contributed by atoms with Crippen LogP contribution < -0.4 is 10.5 Å². The van der Waals surface area contributed by atoms with Crippen molar-refractivity contribution in [1.82, 2.24) is 4.72 Å². The number of hydrogen-bond donors (Lipinski definition) is 2. The van der Waals surface area contributed by atoms with Gasteiger partial charge in [0.05, 0.1) is 5.25 Å². The van der Waals surface area contributed by atoms with Gasteiger partial charge in [0.1, 0.15) is 0 Å². The number of hydrogen-bond acceptors (Lipinski definition) is 3. The van der Waals surface area contributed by atoms with Crippen LogP contribution in [0.1, 0.15) is 43.7 Å². The summed E-state index contributed by atoms with van der Waals surface area (Å²) in [6.45, 7) is 0.267. The SMILES string of the molecule is NC(CNS(=O)(=O)C1CCCCC1)c1ccccc1. The van der Waals surface area contributed by atoms with Crippen molar-refractivity contribution in [3.8, 4) is 0 Å². The van der Waals surface area contributed by atoms with Gasteiger partial charge >= 0.3 is 0 Å². The second-order valence-corrected chi connectivity index (χ2v) is 7.22. The van der Waals surface area contributed by atoms with Gasteiger partial charge in [-0.05, 0) is 18.4 Å². The summed E-state index contributed by atoms with van der Waals surface area (Å²) in [4.78, 5) is 0. The van der Waals surface area contributed by atoms with Crippen molar-refractivity contribution in [1.29, 1.82) is 0 Å². The van der Waals surface area contributed by atoms with Crippen molar-refractivity contribution < 1.29 is 8.42 Å². The molecule has 1 aromatic carbocycles. The minimum absolute atomic E-state index is 0.232. The largest absolute Gasteiger partial charge is 0.323 e. The third kappa shape index (κ3) is 4.03. The molecule has 0 spiro atoms. The molecule has 3 N–H and O–H groups in total. The third-order valence-electron chi connectivity index (χ3n) is 3.72. The van der Waals surface area contributed by atoms with E-state index in [9.17, 15) is 8.42 Å². The highest BCUT2D eigenvalue weighted by Gasteiger charge is 2.27. The fourth-order valence-corrected chi connectivity index (χ4v) is 4.12. The predicted octanol–water partition coefficient (Wildman–Crippen LogP) is 1.94. The maximum absolute atomic E-state index is 12.2. The molecule has 1 aliphatic carbocycles. The van der Waals surface area contributed by atoms with Crippen molar-refractivity contribution in [3.05, 3.63) is 35.9 Å². The van der Waals surface area contributed by atoms with Crippen LogP contribution in [-0.2, 0) is 10.0 Å². The van der Waals surface area contributed by atoms with Crippen LogP contribution in [0.5, 0.6) is 0 Å². The summed E-state index contributed by atoms with van der Waals surface area (Å²) in [7, 11) is -3.22. The van der Waals surface area contributed by atoms with Crippen LogP contribution >= 0.6 is 0 Å². The highest BCUT2D eigenvalue weighted by atomic mass is 32.2. The zero-order valence-electron chi connectivity index (χ0n) is 11.1. The zero-order chi connectivity index (χ0) is 13.7. The number of nitrogens with two attached hydrogens (primary N) is 1. The topological polar surface area (TPSA) is 72.2 Å². The van der Waals surface area contributed by atoms with Gasteiger partial charge in [-0.25, -0.2) is 13.1 Å². The molecule has 0 radical (unpaired) electrons. The molecule has 0 bridgehead atoms. The average molecular weight is 282 g/mol. The van der Waals surface area contributed by atoms with E-state index in [1.54, 1.807) is 0 Å². The zero-order valence-corrected chi connectivity index (χ0v) is 11.9. The van der Waals surface area contributed by atoms with Gasteiger partial charge in [-0.2, -0.15) is 0 Å². The number of rotatable bonds is 5. The lowest BCUT2D eigenvalue weighted by Crippen LogP contribution is -2.39. The highest BCUT2D eigenvalue weighted by molar-refractivity contribution is 7.90. The lowest BCUT2D eigenvalue weighted by molar-refractivity contribution is 0.475. The minimum Gasteiger partial charge on any atom is -0.323 e. The van der Waals surface area contributed by atoms with Gasteiger partial charge in [0.25, 0.3) is 0 Å². The van der Waals surface area contributed by atoms with Crippen molar-refractivity contribution in [2.45, 2.75) is 43.4 Å². The standard InChI is InChI=1S/C14H22N2O2S/c15-14(12-7-3-1-4-8-12)11-16-19(17,18)13-9-5-2-6-10-13/h1,3-4,7-8,13-14,16H,2,5-6,9-11,15H2. The first-order valence-corrected chi connectivity index (χ1v) is 8.43. The molecule has 19 heavy (non-hydrogen) atoms. The van der Waals surface area contributed by atoms with Crippen LogP contribution in [0.4, 0.5) is 0 Å². The van der Waals surface area contributed by atoms with Gasteiger partial charge in [0.15, 0.2) is 0 Å². The van der Waals surface area contributed by atoms with E-state index in [2.05, 4.69) is 4.72 Å². The maximum atomic E-state index is 12.2. The molecule has 1 unspecified atom stereocenters. The monoisotopic (exact) mass is 282 g/mol. The van der Waals surface area contributed by atoms with Crippen molar-refractivity contribution in [3.63, 3.8) is 0 Å². The Bertz CT molecular complexity index is 481. The summed E-state index contributed by atoms with van der Waals surface area (Å²) in [5.74, 6) is 0. The highest BCUT2D eigenvalue weighted by Crippen LogP contribution is 2.23. The Balaban J connectivity index is 1.90. The normalized spacial score (nSPS) is 19.2. The maximum Gasteiger partial charge on any atom is 0.214 e. The molecular formula is C14H22N2O2S. The molecule has 1 atom stereocenters. The number of benzene rings is 1. The molecular weight excluding hydrogens is 260 g/mol. The van der Waals surface area contributed by atoms with Gasteiger partial charge in [0.2, 0.25) is 10.0 Å². The Morgan fingerprint density at radius 2 is 1.79 bits per heavy atom. The molecule has 4 nitrogen and oxygen atoms in total. The van der Waals surface area contributed by atoms with Crippen LogP contribution in [0.2, 0.25) is 0 Å². The molecule has 2 rings (SSSR count). The molecule has 106 valence electrons. The van der Waals surface area contributed by atoms with E-state index < -0.39 is 10.0 Å². The lowest BCUT2D eigenvalue weighted by Gasteiger charge is -2.23. The van der Waals surface area contributed by atoms with Gasteiger partial charge in [-0.1, -0.05) is 49.6 Å². The molecule has 0 aromatic heterocycles. The van der Waals surface area contributed by atoms with Crippen LogP contribution in [0, 0.1) is 0 Å². The summed E-state index contributed by atoms with van der Waals surface area (Å²) in [5.41, 5.74) is 6.96. The average Bonchev–Trinajstić information content (AvgIpc) is 2.47. The number of nitrogens with one attached hydrogen (secondary N) is 1. The minimum atomic E-state index is -3.22. The third-order valence-corrected chi connectivity index (χ3v) is 5.64. The Morgan fingerprint density at radius 1 is 1.16 bits per heavy atom. The van der Waals surface area contributed by atoms with E-state index in [1.807, 2.05) is 30.3 Å². The molecule has 1 aromatic rings. The van der Waals surface area contributed by atoms with Crippen LogP contribution in [-0.4, -0.2) is 20.2 Å². The van der Waals surface area contributed by atoms with Gasteiger partial charge in [0, 0.05) is 12.6 Å². The fourth-order valence-electron chi connectivity index (χ4n) is 2.52. The van der Waals surface area contributed by atoms with Gasteiger partial charge in [-0.15, -0.1) is 0 Å². The Kier molecular flexibility index (Phi) is 4.96. The molecule has 1 aliphatic rings. The van der Waals surface area contributed by atoms with Gasteiger partial charge in [-0.3, -0.25) is 0 Å². The second kappa shape index (κ2) is 6.50. The molecule has 0 amide bonds. The first-order valence-electron chi connectivity index (χ1n) is 6.88. The fraction of sp³-hybridized carbons (Fsp3) is 0.571. The molecule has 0 saturated heterocycles. The van der Waals surface area contributed by atoms with Crippen LogP contribution in [0.15, 0.2) is 30.3 Å². The second-order valence-electron chi connectivity index (χ2n) is 5.17. The van der Waals surface area contributed by atoms with Crippen molar-refractivity contribution in [2.75, 3.05) is 6.54 Å². The first-order chi connectivity index (χ1) is 9.09. The number of sulfonamides is 1. The van der Waals surface area contributed by atoms with Crippen molar-refractivity contribution >= 4 is 10.0 Å². The molecule has 1 fully saturated rings.